The molecule has 0 spiro atoms. The highest BCUT2D eigenvalue weighted by Gasteiger charge is 2.24. The number of carbonyl (C=O) groups excluding carboxylic acids is 1. The monoisotopic (exact) mass is 294 g/mol. The van der Waals surface area contributed by atoms with E-state index in [9.17, 15) is 9.59 Å². The van der Waals surface area contributed by atoms with Gasteiger partial charge in [-0.2, -0.15) is 0 Å². The first-order valence-corrected chi connectivity index (χ1v) is 6.21. The fourth-order valence-electron chi connectivity index (χ4n) is 1.07. The molecule has 0 bridgehead atoms. The molecule has 4 nitrogen and oxygen atoms in total. The number of rotatable bonds is 8. The molecule has 0 aromatic rings. The zero-order chi connectivity index (χ0) is 12.6. The van der Waals surface area contributed by atoms with Gasteiger partial charge in [-0.25, -0.2) is 0 Å². The van der Waals surface area contributed by atoms with Crippen LogP contribution in [0.5, 0.6) is 0 Å². The topological polar surface area (TPSA) is 63.6 Å². The van der Waals surface area contributed by atoms with E-state index in [1.807, 2.05) is 0 Å². The Morgan fingerprint density at radius 1 is 1.19 bits per heavy atom. The summed E-state index contributed by atoms with van der Waals surface area (Å²) in [5, 5.41) is 8.40. The molecule has 0 aliphatic rings. The molecule has 1 N–H and O–H groups in total. The number of alkyl halides is 1. The average Bonchev–Trinajstić information content (AvgIpc) is 2.14. The highest BCUT2D eigenvalue weighted by atomic mass is 79.9. The van der Waals surface area contributed by atoms with E-state index in [1.165, 1.54) is 0 Å². The minimum absolute atomic E-state index is 0.216. The predicted molar refractivity (Wildman–Crippen MR) is 64.7 cm³/mol. The van der Waals surface area contributed by atoms with Crippen LogP contribution in [0.15, 0.2) is 0 Å². The summed E-state index contributed by atoms with van der Waals surface area (Å²) in [5.41, 5.74) is 0. The SMILES string of the molecule is CC(C)(Br)C(=O)OCCCCCCC(=O)O. The molecule has 0 radical (unpaired) electrons. The Bertz CT molecular complexity index is 233. The molecule has 0 rings (SSSR count). The Morgan fingerprint density at radius 3 is 2.25 bits per heavy atom. The van der Waals surface area contributed by atoms with Gasteiger partial charge in [0.05, 0.1) is 6.61 Å². The summed E-state index contributed by atoms with van der Waals surface area (Å²) in [6, 6.07) is 0. The van der Waals surface area contributed by atoms with Crippen LogP contribution < -0.4 is 0 Å². The molecule has 0 aromatic carbocycles. The summed E-state index contributed by atoms with van der Waals surface area (Å²) < 4.78 is 4.40. The summed E-state index contributed by atoms with van der Waals surface area (Å²) in [5.74, 6) is -1.02. The standard InChI is InChI=1S/C11H19BrO4/c1-11(2,12)10(15)16-8-6-4-3-5-7-9(13)14/h3-8H2,1-2H3,(H,13,14). The van der Waals surface area contributed by atoms with Crippen molar-refractivity contribution in [2.75, 3.05) is 6.61 Å². The fourth-order valence-corrected chi connectivity index (χ4v) is 1.18. The van der Waals surface area contributed by atoms with E-state index in [4.69, 9.17) is 9.84 Å². The third-order valence-corrected chi connectivity index (χ3v) is 2.33. The number of carboxylic acid groups (broad SMARTS) is 1. The van der Waals surface area contributed by atoms with E-state index in [1.54, 1.807) is 13.8 Å². The zero-order valence-electron chi connectivity index (χ0n) is 9.79. The molecule has 0 atom stereocenters. The normalized spacial score (nSPS) is 11.2. The van der Waals surface area contributed by atoms with Gasteiger partial charge in [0.2, 0.25) is 0 Å². The Kier molecular flexibility index (Phi) is 7.38. The lowest BCUT2D eigenvalue weighted by atomic mass is 10.1. The number of halogens is 1. The minimum atomic E-state index is -0.757. The number of aliphatic carboxylic acids is 1. The van der Waals surface area contributed by atoms with Gasteiger partial charge in [0, 0.05) is 6.42 Å². The van der Waals surface area contributed by atoms with Crippen molar-refractivity contribution in [2.45, 2.75) is 50.3 Å². The number of esters is 1. The Labute approximate surface area is 104 Å². The van der Waals surface area contributed by atoms with E-state index in [0.29, 0.717) is 13.0 Å². The van der Waals surface area contributed by atoms with Crippen LogP contribution in [0, 0.1) is 0 Å². The first-order valence-electron chi connectivity index (χ1n) is 5.42. The van der Waals surface area contributed by atoms with Crippen LogP contribution in [0.3, 0.4) is 0 Å². The van der Waals surface area contributed by atoms with E-state index >= 15 is 0 Å². The Hall–Kier alpha value is -0.580. The highest BCUT2D eigenvalue weighted by Crippen LogP contribution is 2.17. The van der Waals surface area contributed by atoms with Crippen LogP contribution in [0.4, 0.5) is 0 Å². The second-order valence-electron chi connectivity index (χ2n) is 4.17. The van der Waals surface area contributed by atoms with Crippen molar-refractivity contribution in [1.29, 1.82) is 0 Å². The van der Waals surface area contributed by atoms with Gasteiger partial charge in [-0.15, -0.1) is 0 Å². The second-order valence-corrected chi connectivity index (χ2v) is 6.15. The van der Waals surface area contributed by atoms with Crippen molar-refractivity contribution >= 4 is 27.9 Å². The first kappa shape index (κ1) is 15.4. The molecule has 0 saturated heterocycles. The Balaban J connectivity index is 3.34. The maximum absolute atomic E-state index is 11.3. The summed E-state index contributed by atoms with van der Waals surface area (Å²) >= 11 is 3.21. The van der Waals surface area contributed by atoms with E-state index in [2.05, 4.69) is 15.9 Å². The number of carboxylic acids is 1. The van der Waals surface area contributed by atoms with Gasteiger partial charge in [-0.05, 0) is 26.7 Å². The molecule has 0 unspecified atom stereocenters. The maximum Gasteiger partial charge on any atom is 0.322 e. The molecule has 0 amide bonds. The number of hydrogen-bond acceptors (Lipinski definition) is 3. The van der Waals surface area contributed by atoms with Gasteiger partial charge in [0.15, 0.2) is 0 Å². The molecule has 5 heteroatoms. The van der Waals surface area contributed by atoms with Gasteiger partial charge in [0.25, 0.3) is 0 Å². The van der Waals surface area contributed by atoms with Crippen molar-refractivity contribution < 1.29 is 19.4 Å². The molecule has 0 heterocycles. The van der Waals surface area contributed by atoms with Crippen LogP contribution >= 0.6 is 15.9 Å². The quantitative estimate of drug-likeness (QED) is 0.425. The molecule has 0 aromatic heterocycles. The van der Waals surface area contributed by atoms with Crippen LogP contribution in [-0.2, 0) is 14.3 Å². The average molecular weight is 295 g/mol. The van der Waals surface area contributed by atoms with Crippen molar-refractivity contribution in [3.8, 4) is 0 Å². The molecule has 0 fully saturated rings. The van der Waals surface area contributed by atoms with Crippen molar-refractivity contribution in [3.05, 3.63) is 0 Å². The highest BCUT2D eigenvalue weighted by molar-refractivity contribution is 9.10. The lowest BCUT2D eigenvalue weighted by molar-refractivity contribution is -0.145. The lowest BCUT2D eigenvalue weighted by Crippen LogP contribution is -2.26. The molecule has 0 aliphatic heterocycles. The van der Waals surface area contributed by atoms with Gasteiger partial charge >= 0.3 is 11.9 Å². The molecule has 0 saturated carbocycles. The molecule has 16 heavy (non-hydrogen) atoms. The van der Waals surface area contributed by atoms with Crippen molar-refractivity contribution in [1.82, 2.24) is 0 Å². The third kappa shape index (κ3) is 8.71. The fraction of sp³-hybridized carbons (Fsp3) is 0.818. The first-order chi connectivity index (χ1) is 7.34. The van der Waals surface area contributed by atoms with E-state index < -0.39 is 10.3 Å². The summed E-state index contributed by atoms with van der Waals surface area (Å²) in [6.07, 6.45) is 3.45. The Morgan fingerprint density at radius 2 is 1.75 bits per heavy atom. The van der Waals surface area contributed by atoms with Gasteiger partial charge < -0.3 is 9.84 Å². The largest absolute Gasteiger partial charge is 0.481 e. The molecular weight excluding hydrogens is 276 g/mol. The summed E-state index contributed by atoms with van der Waals surface area (Å²) in [6.45, 7) is 3.88. The number of ether oxygens (including phenoxy) is 1. The lowest BCUT2D eigenvalue weighted by Gasteiger charge is -2.14. The number of hydrogen-bond donors (Lipinski definition) is 1. The third-order valence-electron chi connectivity index (χ3n) is 2.00. The molecular formula is C11H19BrO4. The smallest absolute Gasteiger partial charge is 0.322 e. The van der Waals surface area contributed by atoms with Crippen molar-refractivity contribution in [3.63, 3.8) is 0 Å². The predicted octanol–water partition coefficient (Wildman–Crippen LogP) is 2.74. The summed E-state index contributed by atoms with van der Waals surface area (Å²) in [4.78, 5) is 21.5. The van der Waals surface area contributed by atoms with E-state index in [-0.39, 0.29) is 12.4 Å². The molecule has 94 valence electrons. The van der Waals surface area contributed by atoms with Crippen LogP contribution in [0.1, 0.15) is 46.0 Å². The van der Waals surface area contributed by atoms with Crippen LogP contribution in [0.2, 0.25) is 0 Å². The summed E-state index contributed by atoms with van der Waals surface area (Å²) in [7, 11) is 0. The van der Waals surface area contributed by atoms with E-state index in [0.717, 1.165) is 19.3 Å². The number of unbranched alkanes of at least 4 members (excludes halogenated alkanes) is 3. The van der Waals surface area contributed by atoms with Gasteiger partial charge in [-0.1, -0.05) is 28.8 Å². The molecule has 0 aliphatic carbocycles. The van der Waals surface area contributed by atoms with Crippen LogP contribution in [0.25, 0.3) is 0 Å². The zero-order valence-corrected chi connectivity index (χ0v) is 11.4. The minimum Gasteiger partial charge on any atom is -0.481 e. The van der Waals surface area contributed by atoms with Crippen LogP contribution in [-0.4, -0.2) is 28.0 Å². The van der Waals surface area contributed by atoms with Crippen molar-refractivity contribution in [2.24, 2.45) is 0 Å². The van der Waals surface area contributed by atoms with Gasteiger partial charge in [0.1, 0.15) is 4.32 Å². The second kappa shape index (κ2) is 7.65. The number of carbonyl (C=O) groups is 2. The maximum atomic E-state index is 11.3. The van der Waals surface area contributed by atoms with Gasteiger partial charge in [-0.3, -0.25) is 9.59 Å².